The average molecular weight is 189 g/mol. The number of hydrogen-bond acceptors (Lipinski definition) is 3. The number of ether oxygens (including phenoxy) is 1. The van der Waals surface area contributed by atoms with Crippen LogP contribution in [0.15, 0.2) is 6.20 Å². The zero-order valence-electron chi connectivity index (χ0n) is 7.21. The molecule has 0 atom stereocenters. The summed E-state index contributed by atoms with van der Waals surface area (Å²) in [6.07, 6.45) is -1.56. The summed E-state index contributed by atoms with van der Waals surface area (Å²) in [6, 6.07) is 0. The number of hydrogen-bond donors (Lipinski definition) is 1. The van der Waals surface area contributed by atoms with Gasteiger partial charge in [0.25, 0.3) is 6.43 Å². The van der Waals surface area contributed by atoms with Crippen LogP contribution in [0.5, 0.6) is 11.5 Å². The van der Waals surface area contributed by atoms with Crippen molar-refractivity contribution in [2.24, 2.45) is 0 Å². The van der Waals surface area contributed by atoms with Crippen LogP contribution in [0.1, 0.15) is 17.7 Å². The Bertz CT molecular complexity index is 315. The van der Waals surface area contributed by atoms with E-state index in [1.54, 1.807) is 6.92 Å². The largest absolute Gasteiger partial charge is 0.503 e. The molecule has 0 aliphatic heterocycles. The van der Waals surface area contributed by atoms with Crippen molar-refractivity contribution in [1.82, 2.24) is 4.98 Å². The fourth-order valence-corrected chi connectivity index (χ4v) is 1.01. The maximum atomic E-state index is 12.2. The van der Waals surface area contributed by atoms with Gasteiger partial charge in [0.2, 0.25) is 0 Å². The molecule has 1 aromatic heterocycles. The third-order valence-electron chi connectivity index (χ3n) is 1.62. The minimum Gasteiger partial charge on any atom is -0.503 e. The van der Waals surface area contributed by atoms with Crippen LogP contribution >= 0.6 is 0 Å². The van der Waals surface area contributed by atoms with Crippen molar-refractivity contribution < 1.29 is 18.6 Å². The summed E-state index contributed by atoms with van der Waals surface area (Å²) >= 11 is 0. The Hall–Kier alpha value is -1.39. The van der Waals surface area contributed by atoms with E-state index in [9.17, 15) is 13.9 Å². The summed E-state index contributed by atoms with van der Waals surface area (Å²) in [5.74, 6) is -0.539. The summed E-state index contributed by atoms with van der Waals surface area (Å²) in [4.78, 5) is 3.41. The van der Waals surface area contributed by atoms with Crippen molar-refractivity contribution >= 4 is 0 Å². The predicted octanol–water partition coefficient (Wildman–Crippen LogP) is 2.04. The van der Waals surface area contributed by atoms with Crippen LogP contribution in [-0.2, 0) is 0 Å². The van der Waals surface area contributed by atoms with E-state index in [2.05, 4.69) is 4.98 Å². The molecule has 13 heavy (non-hydrogen) atoms. The molecule has 3 nitrogen and oxygen atoms in total. The van der Waals surface area contributed by atoms with Gasteiger partial charge in [-0.1, -0.05) is 0 Å². The van der Waals surface area contributed by atoms with Gasteiger partial charge in [0, 0.05) is 11.8 Å². The molecule has 1 heterocycles. The van der Waals surface area contributed by atoms with Gasteiger partial charge in [0.05, 0.1) is 7.11 Å². The molecule has 0 amide bonds. The maximum absolute atomic E-state index is 12.2. The minimum absolute atomic E-state index is 0.0466. The SMILES string of the molecule is COc1c(C)cnc(C(F)F)c1O. The molecule has 0 spiro atoms. The van der Waals surface area contributed by atoms with Crippen LogP contribution in [0.4, 0.5) is 8.78 Å². The molecule has 0 bridgehead atoms. The topological polar surface area (TPSA) is 42.4 Å². The first kappa shape index (κ1) is 9.70. The Labute approximate surface area is 74.0 Å². The van der Waals surface area contributed by atoms with Crippen molar-refractivity contribution in [2.45, 2.75) is 13.3 Å². The van der Waals surface area contributed by atoms with E-state index in [0.29, 0.717) is 5.56 Å². The minimum atomic E-state index is -2.80. The molecule has 0 unspecified atom stereocenters. The molecule has 1 rings (SSSR count). The van der Waals surface area contributed by atoms with Gasteiger partial charge in [-0.2, -0.15) is 0 Å². The van der Waals surface area contributed by atoms with E-state index in [0.717, 1.165) is 0 Å². The Morgan fingerprint density at radius 2 is 2.15 bits per heavy atom. The predicted molar refractivity (Wildman–Crippen MR) is 42.1 cm³/mol. The number of halogens is 2. The van der Waals surface area contributed by atoms with Gasteiger partial charge >= 0.3 is 0 Å². The highest BCUT2D eigenvalue weighted by atomic mass is 19.3. The molecular weight excluding hydrogens is 180 g/mol. The van der Waals surface area contributed by atoms with Crippen molar-refractivity contribution in [3.05, 3.63) is 17.5 Å². The summed E-state index contributed by atoms with van der Waals surface area (Å²) in [6.45, 7) is 1.61. The first-order valence-electron chi connectivity index (χ1n) is 3.58. The number of pyridine rings is 1. The van der Waals surface area contributed by atoms with Crippen LogP contribution in [-0.4, -0.2) is 17.2 Å². The van der Waals surface area contributed by atoms with E-state index < -0.39 is 17.9 Å². The van der Waals surface area contributed by atoms with Crippen molar-refractivity contribution in [3.8, 4) is 11.5 Å². The summed E-state index contributed by atoms with van der Waals surface area (Å²) in [5.41, 5.74) is -0.133. The van der Waals surface area contributed by atoms with Gasteiger partial charge in [-0.05, 0) is 6.92 Å². The zero-order valence-corrected chi connectivity index (χ0v) is 7.21. The van der Waals surface area contributed by atoms with Crippen LogP contribution in [0.25, 0.3) is 0 Å². The van der Waals surface area contributed by atoms with Gasteiger partial charge in [-0.15, -0.1) is 0 Å². The lowest BCUT2D eigenvalue weighted by atomic mass is 10.2. The lowest BCUT2D eigenvalue weighted by molar-refractivity contribution is 0.141. The number of rotatable bonds is 2. The number of aryl methyl sites for hydroxylation is 1. The summed E-state index contributed by atoms with van der Waals surface area (Å²) in [7, 11) is 1.30. The van der Waals surface area contributed by atoms with Gasteiger partial charge in [-0.3, -0.25) is 4.98 Å². The van der Waals surface area contributed by atoms with Crippen LogP contribution in [0, 0.1) is 6.92 Å². The van der Waals surface area contributed by atoms with E-state index in [-0.39, 0.29) is 5.75 Å². The van der Waals surface area contributed by atoms with Gasteiger partial charge in [0.15, 0.2) is 17.2 Å². The Morgan fingerprint density at radius 1 is 1.54 bits per heavy atom. The number of methoxy groups -OCH3 is 1. The van der Waals surface area contributed by atoms with E-state index in [1.807, 2.05) is 0 Å². The molecule has 1 N–H and O–H groups in total. The second kappa shape index (κ2) is 3.55. The third-order valence-corrected chi connectivity index (χ3v) is 1.62. The lowest BCUT2D eigenvalue weighted by Gasteiger charge is -2.09. The molecule has 0 radical (unpaired) electrons. The fraction of sp³-hybridized carbons (Fsp3) is 0.375. The van der Waals surface area contributed by atoms with E-state index in [1.165, 1.54) is 13.3 Å². The Morgan fingerprint density at radius 3 is 2.62 bits per heavy atom. The zero-order chi connectivity index (χ0) is 10.0. The number of aromatic nitrogens is 1. The first-order chi connectivity index (χ1) is 6.07. The molecule has 0 fully saturated rings. The van der Waals surface area contributed by atoms with Crippen molar-refractivity contribution in [3.63, 3.8) is 0 Å². The highest BCUT2D eigenvalue weighted by molar-refractivity contribution is 5.47. The van der Waals surface area contributed by atoms with Crippen LogP contribution < -0.4 is 4.74 Å². The molecule has 0 aliphatic rings. The molecule has 5 heteroatoms. The molecule has 1 aromatic rings. The van der Waals surface area contributed by atoms with Gasteiger partial charge in [-0.25, -0.2) is 8.78 Å². The number of nitrogens with zero attached hydrogens (tertiary/aromatic N) is 1. The van der Waals surface area contributed by atoms with E-state index in [4.69, 9.17) is 4.74 Å². The van der Waals surface area contributed by atoms with Gasteiger partial charge < -0.3 is 9.84 Å². The van der Waals surface area contributed by atoms with E-state index >= 15 is 0 Å². The standard InChI is InChI=1S/C8H9F2NO2/c1-4-3-11-5(8(9)10)6(12)7(4)13-2/h3,8,12H,1-2H3. The lowest BCUT2D eigenvalue weighted by Crippen LogP contribution is -1.96. The van der Waals surface area contributed by atoms with Crippen molar-refractivity contribution in [2.75, 3.05) is 7.11 Å². The van der Waals surface area contributed by atoms with Crippen molar-refractivity contribution in [1.29, 1.82) is 0 Å². The maximum Gasteiger partial charge on any atom is 0.284 e. The quantitative estimate of drug-likeness (QED) is 0.774. The summed E-state index contributed by atoms with van der Waals surface area (Å²) in [5, 5.41) is 9.27. The third kappa shape index (κ3) is 1.68. The smallest absolute Gasteiger partial charge is 0.284 e. The molecule has 0 saturated carbocycles. The highest BCUT2D eigenvalue weighted by Crippen LogP contribution is 2.36. The average Bonchev–Trinajstić information content (AvgIpc) is 2.04. The molecule has 0 aliphatic carbocycles. The summed E-state index contributed by atoms with van der Waals surface area (Å²) < 4.78 is 29.1. The van der Waals surface area contributed by atoms with Crippen LogP contribution in [0.3, 0.4) is 0 Å². The first-order valence-corrected chi connectivity index (χ1v) is 3.58. The molecule has 72 valence electrons. The monoisotopic (exact) mass is 189 g/mol. The number of alkyl halides is 2. The Kier molecular flexibility index (Phi) is 2.65. The fourth-order valence-electron chi connectivity index (χ4n) is 1.01. The Balaban J connectivity index is 3.27. The van der Waals surface area contributed by atoms with Crippen LogP contribution in [0.2, 0.25) is 0 Å². The number of aromatic hydroxyl groups is 1. The second-order valence-electron chi connectivity index (χ2n) is 2.51. The molecule has 0 aromatic carbocycles. The normalized spacial score (nSPS) is 10.5. The second-order valence-corrected chi connectivity index (χ2v) is 2.51. The molecular formula is C8H9F2NO2. The van der Waals surface area contributed by atoms with Gasteiger partial charge in [0.1, 0.15) is 0 Å². The highest BCUT2D eigenvalue weighted by Gasteiger charge is 2.19. The molecule has 0 saturated heterocycles.